The van der Waals surface area contributed by atoms with Crippen LogP contribution in [0.25, 0.3) is 0 Å². The number of hydrogen-bond donors (Lipinski definition) is 1. The molecule has 164 valence electrons. The lowest BCUT2D eigenvalue weighted by atomic mass is 10.0. The van der Waals surface area contributed by atoms with Gasteiger partial charge in [-0.3, -0.25) is 9.59 Å². The minimum Gasteiger partial charge on any atom is -0.496 e. The molecule has 0 aromatic heterocycles. The molecule has 0 saturated carbocycles. The van der Waals surface area contributed by atoms with E-state index in [4.69, 9.17) is 14.2 Å². The van der Waals surface area contributed by atoms with E-state index in [1.54, 1.807) is 13.2 Å². The fraction of sp³-hybridized carbons (Fsp3) is 0.417. The van der Waals surface area contributed by atoms with Gasteiger partial charge in [-0.05, 0) is 38.0 Å². The number of methoxy groups -OCH3 is 1. The minimum atomic E-state index is -0.694. The van der Waals surface area contributed by atoms with Gasteiger partial charge in [0.25, 0.3) is 5.91 Å². The highest BCUT2D eigenvalue weighted by Crippen LogP contribution is 2.33. The Balaban J connectivity index is 1.28. The summed E-state index contributed by atoms with van der Waals surface area (Å²) in [4.78, 5) is 27.4. The normalized spacial score (nSPS) is 20.8. The first-order valence-electron chi connectivity index (χ1n) is 10.7. The molecule has 0 spiro atoms. The van der Waals surface area contributed by atoms with Crippen LogP contribution < -0.4 is 19.5 Å². The summed E-state index contributed by atoms with van der Waals surface area (Å²) in [5.74, 6) is 1.85. The van der Waals surface area contributed by atoms with E-state index < -0.39 is 6.10 Å². The van der Waals surface area contributed by atoms with Crippen LogP contribution in [-0.4, -0.2) is 55.2 Å². The zero-order valence-corrected chi connectivity index (χ0v) is 17.9. The Morgan fingerprint density at radius 1 is 1.03 bits per heavy atom. The fourth-order valence-electron chi connectivity index (χ4n) is 4.09. The molecule has 7 heteroatoms. The minimum absolute atomic E-state index is 0.00998. The number of carbonyl (C=O) groups is 2. The molecule has 0 bridgehead atoms. The number of carbonyl (C=O) groups excluding carboxylic acids is 2. The number of fused-ring (bicyclic) bond motifs is 1. The van der Waals surface area contributed by atoms with Crippen molar-refractivity contribution in [1.82, 2.24) is 10.2 Å². The van der Waals surface area contributed by atoms with E-state index in [2.05, 4.69) is 5.32 Å². The topological polar surface area (TPSA) is 77.1 Å². The first-order chi connectivity index (χ1) is 15.0. The van der Waals surface area contributed by atoms with Crippen LogP contribution in [0.2, 0.25) is 0 Å². The molecule has 1 saturated heterocycles. The maximum absolute atomic E-state index is 12.8. The molecule has 0 aliphatic carbocycles. The summed E-state index contributed by atoms with van der Waals surface area (Å²) >= 11 is 0. The summed E-state index contributed by atoms with van der Waals surface area (Å²) in [5.41, 5.74) is 0.883. The van der Waals surface area contributed by atoms with Crippen molar-refractivity contribution in [1.29, 1.82) is 0 Å². The van der Waals surface area contributed by atoms with Crippen LogP contribution in [0.3, 0.4) is 0 Å². The molecule has 0 radical (unpaired) electrons. The molecule has 2 aromatic rings. The van der Waals surface area contributed by atoms with Crippen molar-refractivity contribution in [2.24, 2.45) is 0 Å². The summed E-state index contributed by atoms with van der Waals surface area (Å²) < 4.78 is 17.1. The largest absolute Gasteiger partial charge is 0.496 e. The van der Waals surface area contributed by atoms with Crippen LogP contribution in [0.1, 0.15) is 25.3 Å². The Hall–Kier alpha value is -3.22. The van der Waals surface area contributed by atoms with Crippen LogP contribution in [0.4, 0.5) is 0 Å². The van der Waals surface area contributed by atoms with Gasteiger partial charge >= 0.3 is 0 Å². The predicted molar refractivity (Wildman–Crippen MR) is 115 cm³/mol. The van der Waals surface area contributed by atoms with Gasteiger partial charge in [0.05, 0.1) is 13.5 Å². The van der Waals surface area contributed by atoms with E-state index >= 15 is 0 Å². The fourth-order valence-corrected chi connectivity index (χ4v) is 4.09. The zero-order chi connectivity index (χ0) is 21.8. The molecule has 7 nitrogen and oxygen atoms in total. The predicted octanol–water partition coefficient (Wildman–Crippen LogP) is 2.57. The lowest BCUT2D eigenvalue weighted by Gasteiger charge is -2.35. The van der Waals surface area contributed by atoms with E-state index in [0.717, 1.165) is 11.3 Å². The van der Waals surface area contributed by atoms with Gasteiger partial charge in [-0.2, -0.15) is 0 Å². The van der Waals surface area contributed by atoms with Crippen LogP contribution in [0, 0.1) is 0 Å². The van der Waals surface area contributed by atoms with Gasteiger partial charge in [0.1, 0.15) is 11.9 Å². The molecule has 31 heavy (non-hydrogen) atoms. The number of piperidine rings is 1. The molecular formula is C24H28N2O5. The van der Waals surface area contributed by atoms with Crippen molar-refractivity contribution in [3.63, 3.8) is 0 Å². The van der Waals surface area contributed by atoms with E-state index in [1.165, 1.54) is 0 Å². The molecule has 2 aromatic carbocycles. The maximum Gasteiger partial charge on any atom is 0.265 e. The van der Waals surface area contributed by atoms with Gasteiger partial charge in [-0.1, -0.05) is 30.3 Å². The number of ether oxygens (including phenoxy) is 3. The molecule has 2 unspecified atom stereocenters. The summed E-state index contributed by atoms with van der Waals surface area (Å²) in [6, 6.07) is 14.9. The molecule has 1 N–H and O–H groups in total. The van der Waals surface area contributed by atoms with Gasteiger partial charge in [0, 0.05) is 24.7 Å². The monoisotopic (exact) mass is 424 g/mol. The molecule has 2 atom stereocenters. The number of amides is 2. The van der Waals surface area contributed by atoms with Gasteiger partial charge in [0.15, 0.2) is 11.5 Å². The number of hydrogen-bond acceptors (Lipinski definition) is 5. The molecule has 1 fully saturated rings. The molecule has 4 rings (SSSR count). The van der Waals surface area contributed by atoms with E-state index in [1.807, 2.05) is 54.3 Å². The Morgan fingerprint density at radius 3 is 2.39 bits per heavy atom. The van der Waals surface area contributed by atoms with Crippen molar-refractivity contribution in [2.45, 2.75) is 44.4 Å². The average molecular weight is 424 g/mol. The average Bonchev–Trinajstić information content (AvgIpc) is 2.79. The lowest BCUT2D eigenvalue weighted by molar-refractivity contribution is -0.135. The van der Waals surface area contributed by atoms with Gasteiger partial charge in [0.2, 0.25) is 12.0 Å². The van der Waals surface area contributed by atoms with Crippen molar-refractivity contribution in [3.8, 4) is 17.2 Å². The summed E-state index contributed by atoms with van der Waals surface area (Å²) in [6.07, 6.45) is 0.660. The third-order valence-corrected chi connectivity index (χ3v) is 5.83. The molecular weight excluding hydrogens is 396 g/mol. The second kappa shape index (κ2) is 9.29. The number of para-hydroxylation sites is 3. The third-order valence-electron chi connectivity index (χ3n) is 5.83. The Labute approximate surface area is 182 Å². The Kier molecular flexibility index (Phi) is 6.30. The zero-order valence-electron chi connectivity index (χ0n) is 17.9. The smallest absolute Gasteiger partial charge is 0.265 e. The van der Waals surface area contributed by atoms with Crippen LogP contribution in [0.15, 0.2) is 48.5 Å². The van der Waals surface area contributed by atoms with E-state index in [0.29, 0.717) is 43.9 Å². The number of benzene rings is 2. The van der Waals surface area contributed by atoms with Crippen LogP contribution >= 0.6 is 0 Å². The molecule has 2 aliphatic rings. The summed E-state index contributed by atoms with van der Waals surface area (Å²) in [5, 5.41) is 3.08. The highest BCUT2D eigenvalue weighted by atomic mass is 16.6. The van der Waals surface area contributed by atoms with Gasteiger partial charge in [-0.15, -0.1) is 0 Å². The van der Waals surface area contributed by atoms with Crippen LogP contribution in [0.5, 0.6) is 17.2 Å². The lowest BCUT2D eigenvalue weighted by Crippen LogP contribution is -2.54. The maximum atomic E-state index is 12.8. The van der Waals surface area contributed by atoms with Gasteiger partial charge in [-0.25, -0.2) is 0 Å². The summed E-state index contributed by atoms with van der Waals surface area (Å²) in [6.45, 7) is 3.05. The van der Waals surface area contributed by atoms with Crippen molar-refractivity contribution in [3.05, 3.63) is 54.1 Å². The van der Waals surface area contributed by atoms with Crippen LogP contribution in [-0.2, 0) is 16.0 Å². The first-order valence-corrected chi connectivity index (χ1v) is 10.7. The third kappa shape index (κ3) is 4.76. The molecule has 2 amide bonds. The second-order valence-electron chi connectivity index (χ2n) is 7.96. The van der Waals surface area contributed by atoms with Gasteiger partial charge < -0.3 is 24.4 Å². The van der Waals surface area contributed by atoms with Crippen molar-refractivity contribution >= 4 is 11.8 Å². The van der Waals surface area contributed by atoms with E-state index in [-0.39, 0.29) is 24.0 Å². The second-order valence-corrected chi connectivity index (χ2v) is 7.96. The number of likely N-dealkylation sites (tertiary alicyclic amines) is 1. The number of nitrogens with zero attached hydrogens (tertiary/aromatic N) is 1. The Morgan fingerprint density at radius 2 is 1.68 bits per heavy atom. The first kappa shape index (κ1) is 21.0. The van der Waals surface area contributed by atoms with Crippen molar-refractivity contribution in [2.75, 3.05) is 20.2 Å². The SMILES string of the molecule is COc1ccccc1CC(=O)N1CCC(NC(=O)C2Oc3ccccc3OC2C)CC1. The number of rotatable bonds is 5. The standard InChI is InChI=1S/C24H28N2O5/c1-16-23(31-21-10-6-5-9-20(21)30-16)24(28)25-18-11-13-26(14-12-18)22(27)15-17-7-3-4-8-19(17)29-2/h3-10,16,18,23H,11-15H2,1-2H3,(H,25,28). The van der Waals surface area contributed by atoms with E-state index in [9.17, 15) is 9.59 Å². The molecule has 2 aliphatic heterocycles. The number of nitrogens with one attached hydrogen (secondary N) is 1. The molecule has 2 heterocycles. The summed E-state index contributed by atoms with van der Waals surface area (Å²) in [7, 11) is 1.61. The van der Waals surface area contributed by atoms with Crippen molar-refractivity contribution < 1.29 is 23.8 Å². The highest BCUT2D eigenvalue weighted by molar-refractivity contribution is 5.83. The Bertz CT molecular complexity index is 939. The highest BCUT2D eigenvalue weighted by Gasteiger charge is 2.35. The quantitative estimate of drug-likeness (QED) is 0.798.